The predicted molar refractivity (Wildman–Crippen MR) is 108 cm³/mol. The Hall–Kier alpha value is -1.18. The van der Waals surface area contributed by atoms with Gasteiger partial charge in [0.25, 0.3) is 0 Å². The average Bonchev–Trinajstić information content (AvgIpc) is 3.05. The minimum absolute atomic E-state index is 0.574. The summed E-state index contributed by atoms with van der Waals surface area (Å²) >= 11 is 1.89. The van der Waals surface area contributed by atoms with Gasteiger partial charge in [-0.3, -0.25) is 9.89 Å². The summed E-state index contributed by atoms with van der Waals surface area (Å²) in [6.07, 6.45) is 4.97. The van der Waals surface area contributed by atoms with Crippen molar-refractivity contribution < 1.29 is 4.74 Å². The highest BCUT2D eigenvalue weighted by atomic mass is 32.1. The molecule has 1 N–H and O–H groups in total. The molecule has 1 saturated heterocycles. The number of aromatic nitrogens is 1. The van der Waals surface area contributed by atoms with Gasteiger partial charge in [-0.25, -0.2) is 4.98 Å². The van der Waals surface area contributed by atoms with E-state index in [0.29, 0.717) is 5.92 Å². The van der Waals surface area contributed by atoms with E-state index in [0.717, 1.165) is 58.3 Å². The van der Waals surface area contributed by atoms with Crippen LogP contribution in [0.4, 0.5) is 0 Å². The summed E-state index contributed by atoms with van der Waals surface area (Å²) in [7, 11) is 3.96. The lowest BCUT2D eigenvalue weighted by molar-refractivity contribution is 0.0320. The molecule has 1 unspecified atom stereocenters. The Morgan fingerprint density at radius 1 is 1.35 bits per heavy atom. The molecule has 146 valence electrons. The molecule has 0 spiro atoms. The van der Waals surface area contributed by atoms with Gasteiger partial charge in [0.15, 0.2) is 5.96 Å². The third kappa shape index (κ3) is 5.41. The summed E-state index contributed by atoms with van der Waals surface area (Å²) in [6.45, 7) is 8.99. The SMILES string of the molecule is CN=C(NCC(C)CN1CCOCC1)N(C)Cc1nc2c(s1)CCCC2. The molecule has 1 aromatic rings. The molecule has 2 heterocycles. The van der Waals surface area contributed by atoms with Gasteiger partial charge in [-0.1, -0.05) is 6.92 Å². The smallest absolute Gasteiger partial charge is 0.193 e. The number of hydrogen-bond donors (Lipinski definition) is 1. The molecule has 6 nitrogen and oxygen atoms in total. The standard InChI is InChI=1S/C19H33N5OS/c1-15(13-24-8-10-25-11-9-24)12-21-19(20-2)23(3)14-18-22-16-6-4-5-7-17(16)26-18/h15H,4-14H2,1-3H3,(H,20,21). The van der Waals surface area contributed by atoms with E-state index in [9.17, 15) is 0 Å². The lowest BCUT2D eigenvalue weighted by Gasteiger charge is -2.30. The summed E-state index contributed by atoms with van der Waals surface area (Å²) in [5.41, 5.74) is 1.34. The van der Waals surface area contributed by atoms with E-state index in [1.807, 2.05) is 18.4 Å². The molecule has 1 aliphatic heterocycles. The van der Waals surface area contributed by atoms with Crippen molar-refractivity contribution in [3.8, 4) is 0 Å². The number of aryl methyl sites for hydroxylation is 2. The minimum atomic E-state index is 0.574. The van der Waals surface area contributed by atoms with E-state index in [2.05, 4.69) is 34.1 Å². The number of morpholine rings is 1. The number of nitrogens with one attached hydrogen (secondary N) is 1. The van der Waals surface area contributed by atoms with Crippen molar-refractivity contribution in [1.82, 2.24) is 20.1 Å². The van der Waals surface area contributed by atoms with Gasteiger partial charge in [0.05, 0.1) is 25.5 Å². The Bertz CT molecular complexity index is 573. The van der Waals surface area contributed by atoms with Crippen LogP contribution in [-0.4, -0.2) is 74.2 Å². The first kappa shape index (κ1) is 19.6. The summed E-state index contributed by atoms with van der Waals surface area (Å²) in [5, 5.41) is 4.75. The Morgan fingerprint density at radius 2 is 2.12 bits per heavy atom. The van der Waals surface area contributed by atoms with Crippen LogP contribution in [0.1, 0.15) is 35.3 Å². The highest BCUT2D eigenvalue weighted by Gasteiger charge is 2.18. The molecular weight excluding hydrogens is 346 g/mol. The van der Waals surface area contributed by atoms with Crippen molar-refractivity contribution in [1.29, 1.82) is 0 Å². The molecule has 1 aromatic heterocycles. The van der Waals surface area contributed by atoms with Gasteiger partial charge in [-0.15, -0.1) is 11.3 Å². The highest BCUT2D eigenvalue weighted by Crippen LogP contribution is 2.27. The van der Waals surface area contributed by atoms with Gasteiger partial charge in [-0.2, -0.15) is 0 Å². The van der Waals surface area contributed by atoms with Crippen molar-refractivity contribution in [2.45, 2.75) is 39.2 Å². The molecule has 1 atom stereocenters. The van der Waals surface area contributed by atoms with Crippen LogP contribution >= 0.6 is 11.3 Å². The summed E-state index contributed by atoms with van der Waals surface area (Å²) < 4.78 is 5.43. The maximum Gasteiger partial charge on any atom is 0.193 e. The zero-order valence-corrected chi connectivity index (χ0v) is 17.3. The predicted octanol–water partition coefficient (Wildman–Crippen LogP) is 2.00. The first-order chi connectivity index (χ1) is 12.7. The van der Waals surface area contributed by atoms with E-state index >= 15 is 0 Å². The van der Waals surface area contributed by atoms with Gasteiger partial charge < -0.3 is 15.0 Å². The Labute approximate surface area is 161 Å². The van der Waals surface area contributed by atoms with Crippen molar-refractivity contribution >= 4 is 17.3 Å². The Kier molecular flexibility index (Phi) is 7.28. The van der Waals surface area contributed by atoms with Gasteiger partial charge in [0.1, 0.15) is 5.01 Å². The maximum absolute atomic E-state index is 5.43. The molecule has 1 fully saturated rings. The van der Waals surface area contributed by atoms with Gasteiger partial charge in [0.2, 0.25) is 0 Å². The average molecular weight is 380 g/mol. The number of hydrogen-bond acceptors (Lipinski definition) is 5. The van der Waals surface area contributed by atoms with Crippen molar-refractivity contribution in [2.24, 2.45) is 10.9 Å². The summed E-state index contributed by atoms with van der Waals surface area (Å²) in [5.74, 6) is 1.53. The first-order valence-corrected chi connectivity index (χ1v) is 10.7. The zero-order chi connectivity index (χ0) is 18.4. The zero-order valence-electron chi connectivity index (χ0n) is 16.5. The number of nitrogens with zero attached hydrogens (tertiary/aromatic N) is 4. The van der Waals surface area contributed by atoms with Crippen LogP contribution in [0.5, 0.6) is 0 Å². The number of thiazole rings is 1. The third-order valence-electron chi connectivity index (χ3n) is 5.12. The van der Waals surface area contributed by atoms with Crippen LogP contribution in [0.15, 0.2) is 4.99 Å². The van der Waals surface area contributed by atoms with Crippen molar-refractivity contribution in [3.63, 3.8) is 0 Å². The van der Waals surface area contributed by atoms with E-state index in [4.69, 9.17) is 9.72 Å². The van der Waals surface area contributed by atoms with E-state index in [1.165, 1.54) is 34.8 Å². The van der Waals surface area contributed by atoms with Gasteiger partial charge in [-0.05, 0) is 31.6 Å². The van der Waals surface area contributed by atoms with E-state index in [1.54, 1.807) is 0 Å². The number of rotatable bonds is 6. The van der Waals surface area contributed by atoms with Crippen LogP contribution in [0, 0.1) is 5.92 Å². The third-order valence-corrected chi connectivity index (χ3v) is 6.26. The highest BCUT2D eigenvalue weighted by molar-refractivity contribution is 7.11. The van der Waals surface area contributed by atoms with E-state index in [-0.39, 0.29) is 0 Å². The molecular formula is C19H33N5OS. The normalized spacial score (nSPS) is 19.9. The van der Waals surface area contributed by atoms with Gasteiger partial charge in [0, 0.05) is 45.2 Å². The van der Waals surface area contributed by atoms with Crippen LogP contribution in [0.2, 0.25) is 0 Å². The Morgan fingerprint density at radius 3 is 2.85 bits per heavy atom. The van der Waals surface area contributed by atoms with Crippen molar-refractivity contribution in [3.05, 3.63) is 15.6 Å². The topological polar surface area (TPSA) is 53.0 Å². The molecule has 0 bridgehead atoms. The fourth-order valence-electron chi connectivity index (χ4n) is 3.69. The quantitative estimate of drug-likeness (QED) is 0.605. The number of guanidine groups is 1. The molecule has 3 rings (SSSR count). The monoisotopic (exact) mass is 379 g/mol. The summed E-state index contributed by atoms with van der Waals surface area (Å²) in [6, 6.07) is 0. The van der Waals surface area contributed by atoms with E-state index < -0.39 is 0 Å². The second kappa shape index (κ2) is 9.67. The molecule has 2 aliphatic rings. The van der Waals surface area contributed by atoms with Crippen molar-refractivity contribution in [2.75, 3.05) is 53.5 Å². The fraction of sp³-hybridized carbons (Fsp3) is 0.789. The molecule has 7 heteroatoms. The van der Waals surface area contributed by atoms with Crippen LogP contribution in [0.3, 0.4) is 0 Å². The number of ether oxygens (including phenoxy) is 1. The largest absolute Gasteiger partial charge is 0.379 e. The first-order valence-electron chi connectivity index (χ1n) is 9.85. The lowest BCUT2D eigenvalue weighted by Crippen LogP contribution is -2.44. The number of aliphatic imine (C=N–C) groups is 1. The molecule has 0 aromatic carbocycles. The Balaban J connectivity index is 1.46. The molecule has 0 amide bonds. The van der Waals surface area contributed by atoms with Crippen LogP contribution in [0.25, 0.3) is 0 Å². The van der Waals surface area contributed by atoms with Gasteiger partial charge >= 0.3 is 0 Å². The molecule has 1 aliphatic carbocycles. The van der Waals surface area contributed by atoms with Crippen LogP contribution < -0.4 is 5.32 Å². The fourth-order valence-corrected chi connectivity index (χ4v) is 4.90. The molecule has 26 heavy (non-hydrogen) atoms. The molecule has 0 radical (unpaired) electrons. The summed E-state index contributed by atoms with van der Waals surface area (Å²) in [4.78, 5) is 15.5. The second-order valence-corrected chi connectivity index (χ2v) is 8.66. The minimum Gasteiger partial charge on any atom is -0.379 e. The van der Waals surface area contributed by atoms with Crippen LogP contribution in [-0.2, 0) is 24.1 Å². The maximum atomic E-state index is 5.43. The number of fused-ring (bicyclic) bond motifs is 1. The lowest BCUT2D eigenvalue weighted by atomic mass is 10.0. The molecule has 0 saturated carbocycles. The second-order valence-electron chi connectivity index (χ2n) is 7.49.